The largest absolute Gasteiger partial charge is 0.479 e. The zero-order valence-corrected chi connectivity index (χ0v) is 34.7. The van der Waals surface area contributed by atoms with Crippen LogP contribution in [0.3, 0.4) is 0 Å². The molecular weight excluding hydrogens is 883 g/mol. The Hall–Kier alpha value is -7.41. The Labute approximate surface area is 356 Å². The minimum Gasteiger partial charge on any atom is -0.479 e. The lowest BCUT2D eigenvalue weighted by Crippen LogP contribution is -2.29. The third-order valence-corrected chi connectivity index (χ3v) is 12.7. The minimum atomic E-state index is -5.36. The number of hydrogen-bond donors (Lipinski definition) is 7. The molecule has 7 aromatic rings. The number of pyridine rings is 1. The van der Waals surface area contributed by atoms with Gasteiger partial charge in [0.25, 0.3) is 35.9 Å². The number of benzene rings is 5. The lowest BCUT2D eigenvalue weighted by atomic mass is 9.80. The van der Waals surface area contributed by atoms with Crippen molar-refractivity contribution < 1.29 is 53.6 Å². The van der Waals surface area contributed by atoms with Crippen LogP contribution in [0.5, 0.6) is 6.01 Å². The number of fused-ring (bicyclic) bond motifs is 2. The fourth-order valence-corrected chi connectivity index (χ4v) is 9.10. The fraction of sp³-hybridized carbons (Fsp3) is 0.0500. The van der Waals surface area contributed by atoms with E-state index in [0.29, 0.717) is 11.8 Å². The second-order valence-electron chi connectivity index (χ2n) is 14.0. The molecule has 0 saturated heterocycles. The van der Waals surface area contributed by atoms with Gasteiger partial charge in [0.2, 0.25) is 11.9 Å². The van der Waals surface area contributed by atoms with Crippen molar-refractivity contribution in [2.45, 2.75) is 21.6 Å². The Balaban J connectivity index is 1.34. The highest BCUT2D eigenvalue weighted by Gasteiger charge is 2.35. The maximum atomic E-state index is 14.5. The fourth-order valence-electron chi connectivity index (χ4n) is 7.19. The molecule has 7 N–H and O–H groups in total. The quantitative estimate of drug-likeness (QED) is 0.0651. The second-order valence-corrected chi connectivity index (χ2v) is 18.2. The predicted molar refractivity (Wildman–Crippen MR) is 226 cm³/mol. The summed E-state index contributed by atoms with van der Waals surface area (Å²) in [4.78, 5) is 51.9. The summed E-state index contributed by atoms with van der Waals surface area (Å²) >= 11 is 0. The molecule has 320 valence electrons. The Kier molecular flexibility index (Phi) is 10.2. The topological polar surface area (TPSA) is 314 Å². The number of hydrogen-bond acceptors (Lipinski definition) is 16. The van der Waals surface area contributed by atoms with Gasteiger partial charge in [-0.15, -0.1) is 0 Å². The molecule has 0 fully saturated rings. The molecule has 0 saturated carbocycles. The van der Waals surface area contributed by atoms with E-state index in [1.165, 1.54) is 49.5 Å². The number of nitrogens with zero attached hydrogens (tertiary/aromatic N) is 4. The standard InChI is InChI=1S/C40H29N7O13S3/c1-19-8-3-6-13-24(19)42-38-44-39(46-40(51)45-38)43-27-17-26(29(62(55,56)57)18-30(27)63(58,59)60)41-25-14-15-28-33-31(22-11-4-5-12-23(22)36(49)32(25)33)34(37(50)47(28)2)35(48)20-9-7-10-21(16-20)61(52,53)54/h3-18,41H,1-2H3,(H,52,53,54)(H,55,56,57)(H,58,59,60)(H3,42,43,44,45,46,51). The van der Waals surface area contributed by atoms with Gasteiger partial charge in [-0.1, -0.05) is 54.6 Å². The summed E-state index contributed by atoms with van der Waals surface area (Å²) < 4.78 is 107. The van der Waals surface area contributed by atoms with E-state index in [1.807, 2.05) is 0 Å². The number of para-hydroxylation sites is 1. The molecule has 0 amide bonds. The number of carbonyl (C=O) groups is 2. The van der Waals surface area contributed by atoms with Crippen LogP contribution in [0.2, 0.25) is 0 Å². The zero-order chi connectivity index (χ0) is 45.3. The van der Waals surface area contributed by atoms with E-state index in [-0.39, 0.29) is 50.4 Å². The average molecular weight is 912 g/mol. The molecule has 23 heteroatoms. The highest BCUT2D eigenvalue weighted by molar-refractivity contribution is 7.87. The van der Waals surface area contributed by atoms with Crippen molar-refractivity contribution >= 4 is 87.5 Å². The average Bonchev–Trinajstić information content (AvgIpc) is 3.21. The molecule has 0 aliphatic heterocycles. The summed E-state index contributed by atoms with van der Waals surface area (Å²) in [5.74, 6) is -2.39. The van der Waals surface area contributed by atoms with Gasteiger partial charge in [-0.3, -0.25) is 28.0 Å². The monoisotopic (exact) mass is 911 g/mol. The van der Waals surface area contributed by atoms with E-state index in [1.54, 1.807) is 37.3 Å². The Morgan fingerprint density at radius 1 is 0.619 bits per heavy atom. The van der Waals surface area contributed by atoms with Crippen molar-refractivity contribution in [1.29, 1.82) is 0 Å². The highest BCUT2D eigenvalue weighted by Crippen LogP contribution is 2.45. The molecule has 5 aromatic carbocycles. The van der Waals surface area contributed by atoms with Crippen molar-refractivity contribution in [2.75, 3.05) is 16.0 Å². The van der Waals surface area contributed by atoms with Crippen LogP contribution in [0.25, 0.3) is 22.0 Å². The van der Waals surface area contributed by atoms with E-state index in [2.05, 4.69) is 30.9 Å². The summed E-state index contributed by atoms with van der Waals surface area (Å²) in [5, 5.41) is 18.5. The number of ketones is 2. The smallest absolute Gasteiger partial charge is 0.320 e. The first-order valence-electron chi connectivity index (χ1n) is 18.0. The molecule has 0 unspecified atom stereocenters. The highest BCUT2D eigenvalue weighted by atomic mass is 32.2. The molecule has 0 atom stereocenters. The molecule has 63 heavy (non-hydrogen) atoms. The lowest BCUT2D eigenvalue weighted by Gasteiger charge is -2.26. The van der Waals surface area contributed by atoms with Gasteiger partial charge in [-0.05, 0) is 60.5 Å². The molecule has 0 radical (unpaired) electrons. The minimum absolute atomic E-state index is 0.00994. The molecule has 1 aliphatic rings. The molecular formula is C40H29N7O13S3. The van der Waals surface area contributed by atoms with Gasteiger partial charge >= 0.3 is 6.01 Å². The zero-order valence-electron chi connectivity index (χ0n) is 32.2. The predicted octanol–water partition coefficient (Wildman–Crippen LogP) is 5.15. The maximum absolute atomic E-state index is 14.5. The SMILES string of the molecule is Cc1ccccc1Nc1nc(O)nc(Nc2cc(Nc3ccc4c5c3C(=O)c3ccccc3-c5c(C(=O)c3cccc(S(=O)(=O)O)c3)c(=O)n4C)c(S(=O)(=O)O)cc2S(=O)(=O)O)n1. The van der Waals surface area contributed by atoms with Crippen LogP contribution in [0, 0.1) is 6.92 Å². The Morgan fingerprint density at radius 2 is 1.22 bits per heavy atom. The van der Waals surface area contributed by atoms with Crippen LogP contribution < -0.4 is 21.5 Å². The second kappa shape index (κ2) is 15.2. The van der Waals surface area contributed by atoms with Crippen LogP contribution in [0.4, 0.5) is 34.6 Å². The van der Waals surface area contributed by atoms with Gasteiger partial charge in [-0.2, -0.15) is 40.2 Å². The molecule has 2 aromatic heterocycles. The van der Waals surface area contributed by atoms with Gasteiger partial charge in [0.15, 0.2) is 11.6 Å². The first kappa shape index (κ1) is 42.3. The summed E-state index contributed by atoms with van der Waals surface area (Å²) in [6.07, 6.45) is 0. The number of nitrogens with one attached hydrogen (secondary N) is 3. The van der Waals surface area contributed by atoms with E-state index in [9.17, 15) is 58.4 Å². The van der Waals surface area contributed by atoms with Crippen molar-refractivity contribution in [1.82, 2.24) is 19.5 Å². The maximum Gasteiger partial charge on any atom is 0.320 e. The number of rotatable bonds is 11. The van der Waals surface area contributed by atoms with Crippen LogP contribution >= 0.6 is 0 Å². The lowest BCUT2D eigenvalue weighted by molar-refractivity contribution is 0.102. The van der Waals surface area contributed by atoms with Gasteiger partial charge in [0.1, 0.15) is 9.79 Å². The van der Waals surface area contributed by atoms with E-state index in [4.69, 9.17) is 0 Å². The van der Waals surface area contributed by atoms with Gasteiger partial charge in [-0.25, -0.2) is 0 Å². The van der Waals surface area contributed by atoms with Crippen LogP contribution in [-0.2, 0) is 37.4 Å². The number of anilines is 6. The summed E-state index contributed by atoms with van der Waals surface area (Å²) in [6, 6.07) is 20.3. The van der Waals surface area contributed by atoms with Crippen LogP contribution in [0.1, 0.15) is 37.4 Å². The van der Waals surface area contributed by atoms with Gasteiger partial charge < -0.3 is 25.6 Å². The van der Waals surface area contributed by atoms with E-state index >= 15 is 0 Å². The summed E-state index contributed by atoms with van der Waals surface area (Å²) in [6.45, 7) is 1.78. The Morgan fingerprint density at radius 3 is 1.86 bits per heavy atom. The number of aryl methyl sites for hydroxylation is 2. The first-order valence-corrected chi connectivity index (χ1v) is 22.3. The van der Waals surface area contributed by atoms with Crippen molar-refractivity contribution in [2.24, 2.45) is 7.05 Å². The molecule has 2 heterocycles. The van der Waals surface area contributed by atoms with Gasteiger partial charge in [0.05, 0.1) is 38.6 Å². The van der Waals surface area contributed by atoms with E-state index < -0.39 is 91.1 Å². The van der Waals surface area contributed by atoms with E-state index in [0.717, 1.165) is 28.3 Å². The molecule has 20 nitrogen and oxygen atoms in total. The number of carbonyl (C=O) groups excluding carboxylic acids is 2. The normalized spacial score (nSPS) is 12.5. The van der Waals surface area contributed by atoms with Crippen molar-refractivity contribution in [3.05, 3.63) is 135 Å². The molecule has 8 rings (SSSR count). The molecule has 0 spiro atoms. The summed E-state index contributed by atoms with van der Waals surface area (Å²) in [7, 11) is -14.1. The third kappa shape index (κ3) is 7.75. The number of aromatic nitrogens is 4. The summed E-state index contributed by atoms with van der Waals surface area (Å²) in [5.41, 5.74) is -1.76. The number of aromatic hydroxyl groups is 1. The molecule has 1 aliphatic carbocycles. The van der Waals surface area contributed by atoms with Gasteiger partial charge in [0, 0.05) is 34.8 Å². The molecule has 0 bridgehead atoms. The van der Waals surface area contributed by atoms with Crippen LogP contribution in [0.15, 0.2) is 117 Å². The van der Waals surface area contributed by atoms with Crippen molar-refractivity contribution in [3.8, 4) is 17.1 Å². The Bertz CT molecular complexity index is 3580. The van der Waals surface area contributed by atoms with Crippen LogP contribution in [-0.4, -0.2) is 75.1 Å². The first-order chi connectivity index (χ1) is 29.6. The third-order valence-electron chi connectivity index (χ3n) is 10.0. The van der Waals surface area contributed by atoms with Crippen molar-refractivity contribution in [3.63, 3.8) is 0 Å².